The summed E-state index contributed by atoms with van der Waals surface area (Å²) < 4.78 is 22.2. The van der Waals surface area contributed by atoms with Crippen LogP contribution in [0.25, 0.3) is 0 Å². The molecule has 8 nitrogen and oxygen atoms in total. The summed E-state index contributed by atoms with van der Waals surface area (Å²) in [6.07, 6.45) is 0.0204. The average Bonchev–Trinajstić information content (AvgIpc) is 2.54. The van der Waals surface area contributed by atoms with Crippen LogP contribution in [0.2, 0.25) is 0 Å². The van der Waals surface area contributed by atoms with Crippen LogP contribution < -0.4 is 11.1 Å². The minimum absolute atomic E-state index is 0.0161. The van der Waals surface area contributed by atoms with Gasteiger partial charge in [0.25, 0.3) is 5.91 Å². The smallest absolute Gasteiger partial charge is 0.363 e. The molecule has 0 unspecified atom stereocenters. The van der Waals surface area contributed by atoms with E-state index in [1.54, 1.807) is 44.2 Å². The molecule has 0 heterocycles. The molecular formula is C15H21N2O6P. The average molecular weight is 356 g/mol. The van der Waals surface area contributed by atoms with Crippen molar-refractivity contribution in [2.24, 2.45) is 5.73 Å². The Bertz CT molecular complexity index is 624. The van der Waals surface area contributed by atoms with E-state index in [1.165, 1.54) is 0 Å². The van der Waals surface area contributed by atoms with Crippen LogP contribution in [-0.4, -0.2) is 36.6 Å². The second-order valence-electron chi connectivity index (χ2n) is 4.75. The molecule has 0 saturated heterocycles. The van der Waals surface area contributed by atoms with E-state index >= 15 is 0 Å². The van der Waals surface area contributed by atoms with Gasteiger partial charge >= 0.3 is 13.2 Å². The number of nitrogens with two attached hydrogens (primary N) is 1. The van der Waals surface area contributed by atoms with Crippen LogP contribution in [0.4, 0.5) is 4.79 Å². The molecule has 1 aromatic carbocycles. The lowest BCUT2D eigenvalue weighted by molar-refractivity contribution is -0.137. The fourth-order valence-electron chi connectivity index (χ4n) is 1.95. The van der Waals surface area contributed by atoms with E-state index in [4.69, 9.17) is 14.8 Å². The number of carbonyl (C=O) groups is 3. The normalized spacial score (nSPS) is 12.4. The molecule has 0 aliphatic rings. The Morgan fingerprint density at radius 2 is 1.67 bits per heavy atom. The SMILES string of the molecule is CCOP(=O)(OCC)C(=O)N[C@@H](Cc1ccccc1)C(=O)C(N)=O. The van der Waals surface area contributed by atoms with Crippen LogP contribution in [0.1, 0.15) is 19.4 Å². The number of primary amides is 1. The highest BCUT2D eigenvalue weighted by Gasteiger charge is 2.37. The summed E-state index contributed by atoms with van der Waals surface area (Å²) in [4.78, 5) is 35.4. The standard InChI is InChI=1S/C15H21N2O6P/c1-3-22-24(21,23-4-2)15(20)17-12(13(18)14(16)19)10-11-8-6-5-7-9-11/h5-9,12H,3-4,10H2,1-2H3,(H2,16,19)(H,17,20)/t12-/m0/s1. The Morgan fingerprint density at radius 3 is 2.12 bits per heavy atom. The predicted molar refractivity (Wildman–Crippen MR) is 87.5 cm³/mol. The van der Waals surface area contributed by atoms with E-state index in [0.29, 0.717) is 5.56 Å². The summed E-state index contributed by atoms with van der Waals surface area (Å²) in [6.45, 7) is 3.07. The number of amides is 2. The zero-order valence-electron chi connectivity index (χ0n) is 13.6. The third kappa shape index (κ3) is 5.56. The van der Waals surface area contributed by atoms with Gasteiger partial charge in [-0.15, -0.1) is 0 Å². The summed E-state index contributed by atoms with van der Waals surface area (Å²) in [5, 5.41) is 2.25. The first-order chi connectivity index (χ1) is 11.3. The number of rotatable bonds is 10. The Balaban J connectivity index is 2.99. The van der Waals surface area contributed by atoms with Crippen molar-refractivity contribution in [3.8, 4) is 0 Å². The summed E-state index contributed by atoms with van der Waals surface area (Å²) in [7, 11) is -4.09. The minimum atomic E-state index is -4.09. The molecule has 0 fully saturated rings. The van der Waals surface area contributed by atoms with E-state index in [1.807, 2.05) is 0 Å². The van der Waals surface area contributed by atoms with Crippen molar-refractivity contribution in [2.45, 2.75) is 26.3 Å². The van der Waals surface area contributed by atoms with Gasteiger partial charge in [-0.1, -0.05) is 30.3 Å². The van der Waals surface area contributed by atoms with Gasteiger partial charge in [-0.05, 0) is 19.4 Å². The van der Waals surface area contributed by atoms with Crippen LogP contribution in [0.3, 0.4) is 0 Å². The van der Waals surface area contributed by atoms with Crippen molar-refractivity contribution in [1.82, 2.24) is 5.32 Å². The Labute approximate surface area is 140 Å². The van der Waals surface area contributed by atoms with Crippen LogP contribution in [-0.2, 0) is 29.6 Å². The number of nitrogens with one attached hydrogen (secondary N) is 1. The van der Waals surface area contributed by atoms with Crippen molar-refractivity contribution < 1.29 is 28.0 Å². The zero-order chi connectivity index (χ0) is 18.2. The lowest BCUT2D eigenvalue weighted by Crippen LogP contribution is -2.47. The molecule has 1 aromatic rings. The molecule has 0 aliphatic heterocycles. The second-order valence-corrected chi connectivity index (χ2v) is 6.67. The quantitative estimate of drug-likeness (QED) is 0.485. The number of hydrogen-bond donors (Lipinski definition) is 2. The summed E-state index contributed by atoms with van der Waals surface area (Å²) in [5.74, 6) is -2.19. The van der Waals surface area contributed by atoms with Gasteiger partial charge in [-0.3, -0.25) is 14.4 Å². The fourth-order valence-corrected chi connectivity index (χ4v) is 3.26. The van der Waals surface area contributed by atoms with Gasteiger partial charge in [-0.25, -0.2) is 4.57 Å². The minimum Gasteiger partial charge on any atom is -0.363 e. The monoisotopic (exact) mass is 356 g/mol. The molecule has 1 rings (SSSR count). The Kier molecular flexibility index (Phi) is 7.78. The van der Waals surface area contributed by atoms with Crippen LogP contribution in [0.5, 0.6) is 0 Å². The van der Waals surface area contributed by atoms with E-state index in [-0.39, 0.29) is 19.6 Å². The van der Waals surface area contributed by atoms with Gasteiger partial charge in [0.1, 0.15) is 6.04 Å². The van der Waals surface area contributed by atoms with Crippen molar-refractivity contribution >= 4 is 24.9 Å². The fraction of sp³-hybridized carbons (Fsp3) is 0.400. The van der Waals surface area contributed by atoms with Gasteiger partial charge in [0.05, 0.1) is 13.2 Å². The third-order valence-corrected chi connectivity index (χ3v) is 4.81. The molecule has 0 spiro atoms. The van der Waals surface area contributed by atoms with Crippen LogP contribution in [0, 0.1) is 0 Å². The largest absolute Gasteiger partial charge is 0.418 e. The topological polar surface area (TPSA) is 125 Å². The Morgan fingerprint density at radius 1 is 1.12 bits per heavy atom. The van der Waals surface area contributed by atoms with E-state index in [9.17, 15) is 18.9 Å². The number of ketones is 1. The lowest BCUT2D eigenvalue weighted by atomic mass is 10.0. The number of Topliss-reactive ketones (excluding diaryl/α,β-unsaturated/α-hetero) is 1. The molecule has 9 heteroatoms. The van der Waals surface area contributed by atoms with Crippen molar-refractivity contribution in [2.75, 3.05) is 13.2 Å². The first kappa shape index (κ1) is 20.0. The summed E-state index contributed by atoms with van der Waals surface area (Å²) >= 11 is 0. The molecule has 3 N–H and O–H groups in total. The molecule has 132 valence electrons. The molecule has 24 heavy (non-hydrogen) atoms. The van der Waals surface area contributed by atoms with Crippen molar-refractivity contribution in [3.05, 3.63) is 35.9 Å². The van der Waals surface area contributed by atoms with E-state index in [2.05, 4.69) is 5.32 Å². The lowest BCUT2D eigenvalue weighted by Gasteiger charge is -2.20. The molecule has 1 atom stereocenters. The number of carbonyl (C=O) groups excluding carboxylic acids is 3. The summed E-state index contributed by atoms with van der Waals surface area (Å²) in [6, 6.07) is 7.45. The van der Waals surface area contributed by atoms with Crippen molar-refractivity contribution in [1.29, 1.82) is 0 Å². The molecule has 2 amide bonds. The van der Waals surface area contributed by atoms with E-state index in [0.717, 1.165) is 0 Å². The van der Waals surface area contributed by atoms with Crippen LogP contribution >= 0.6 is 7.60 Å². The first-order valence-corrected chi connectivity index (χ1v) is 8.96. The first-order valence-electron chi connectivity index (χ1n) is 7.41. The van der Waals surface area contributed by atoms with Crippen LogP contribution in [0.15, 0.2) is 30.3 Å². The molecule has 0 aliphatic carbocycles. The predicted octanol–water partition coefficient (Wildman–Crippen LogP) is 1.63. The maximum atomic E-state index is 12.4. The summed E-state index contributed by atoms with van der Waals surface area (Å²) in [5.41, 5.74) is 4.63. The molecule has 0 bridgehead atoms. The molecule has 0 radical (unpaired) electrons. The number of benzene rings is 1. The van der Waals surface area contributed by atoms with Gasteiger partial charge in [0, 0.05) is 6.42 Å². The molecule has 0 saturated carbocycles. The number of hydrogen-bond acceptors (Lipinski definition) is 6. The van der Waals surface area contributed by atoms with Gasteiger partial charge in [-0.2, -0.15) is 0 Å². The molecule has 0 aromatic heterocycles. The second kappa shape index (κ2) is 9.32. The van der Waals surface area contributed by atoms with E-state index < -0.39 is 31.0 Å². The van der Waals surface area contributed by atoms with Crippen molar-refractivity contribution in [3.63, 3.8) is 0 Å². The maximum Gasteiger partial charge on any atom is 0.418 e. The molecular weight excluding hydrogens is 335 g/mol. The van der Waals surface area contributed by atoms with Gasteiger partial charge in [0.15, 0.2) is 0 Å². The highest BCUT2D eigenvalue weighted by atomic mass is 31.2. The van der Waals surface area contributed by atoms with Gasteiger partial charge in [0.2, 0.25) is 5.78 Å². The highest BCUT2D eigenvalue weighted by Crippen LogP contribution is 2.48. The Hall–Kier alpha value is -2.02. The van der Waals surface area contributed by atoms with Gasteiger partial charge < -0.3 is 20.1 Å². The maximum absolute atomic E-state index is 12.4. The zero-order valence-corrected chi connectivity index (χ0v) is 14.5. The highest BCUT2D eigenvalue weighted by molar-refractivity contribution is 7.71. The third-order valence-electron chi connectivity index (χ3n) is 2.99.